The van der Waals surface area contributed by atoms with Gasteiger partial charge in [-0.25, -0.2) is 0 Å². The summed E-state index contributed by atoms with van der Waals surface area (Å²) in [5.41, 5.74) is 7.69. The lowest BCUT2D eigenvalue weighted by Crippen LogP contribution is -2.25. The van der Waals surface area contributed by atoms with Gasteiger partial charge in [-0.2, -0.15) is 0 Å². The van der Waals surface area contributed by atoms with Gasteiger partial charge < -0.3 is 20.7 Å². The van der Waals surface area contributed by atoms with E-state index in [9.17, 15) is 0 Å². The Morgan fingerprint density at radius 2 is 2.11 bits per heavy atom. The monoisotopic (exact) mass is 263 g/mol. The molecule has 1 fully saturated rings. The molecule has 1 heterocycles. The van der Waals surface area contributed by atoms with E-state index in [4.69, 9.17) is 10.5 Å². The molecule has 0 unspecified atom stereocenters. The highest BCUT2D eigenvalue weighted by atomic mass is 16.5. The van der Waals surface area contributed by atoms with E-state index in [1.165, 1.54) is 25.9 Å². The molecular formula is C15H25N3O. The van der Waals surface area contributed by atoms with E-state index in [1.54, 1.807) is 0 Å². The molecule has 106 valence electrons. The van der Waals surface area contributed by atoms with Crippen LogP contribution in [0.25, 0.3) is 0 Å². The normalized spacial score (nSPS) is 15.6. The first-order valence-electron chi connectivity index (χ1n) is 7.28. The average Bonchev–Trinajstić information content (AvgIpc) is 2.92. The van der Waals surface area contributed by atoms with Crippen molar-refractivity contribution in [3.63, 3.8) is 0 Å². The Bertz CT molecular complexity index is 389. The molecule has 4 nitrogen and oxygen atoms in total. The number of nitrogen functional groups attached to an aromatic ring is 1. The number of ether oxygens (including phenoxy) is 1. The summed E-state index contributed by atoms with van der Waals surface area (Å²) in [5, 5.41) is 3.44. The van der Waals surface area contributed by atoms with Gasteiger partial charge in [0, 0.05) is 24.8 Å². The van der Waals surface area contributed by atoms with Gasteiger partial charge in [-0.05, 0) is 44.5 Å². The van der Waals surface area contributed by atoms with Gasteiger partial charge in [0.2, 0.25) is 0 Å². The van der Waals surface area contributed by atoms with E-state index < -0.39 is 0 Å². The van der Waals surface area contributed by atoms with Crippen molar-refractivity contribution in [2.24, 2.45) is 0 Å². The topological polar surface area (TPSA) is 50.5 Å². The van der Waals surface area contributed by atoms with Crippen LogP contribution in [0.4, 0.5) is 11.4 Å². The Hall–Kier alpha value is -1.42. The fourth-order valence-corrected chi connectivity index (χ4v) is 2.35. The first-order valence-corrected chi connectivity index (χ1v) is 7.28. The van der Waals surface area contributed by atoms with E-state index in [-0.39, 0.29) is 0 Å². The van der Waals surface area contributed by atoms with Crippen LogP contribution < -0.4 is 15.8 Å². The molecule has 0 radical (unpaired) electrons. The molecule has 0 saturated carbocycles. The molecule has 0 atom stereocenters. The summed E-state index contributed by atoms with van der Waals surface area (Å²) >= 11 is 0. The molecule has 1 saturated heterocycles. The molecule has 0 aliphatic carbocycles. The Kier molecular flexibility index (Phi) is 5.33. The summed E-state index contributed by atoms with van der Waals surface area (Å²) in [6, 6.07) is 5.91. The van der Waals surface area contributed by atoms with E-state index in [2.05, 4.69) is 17.1 Å². The van der Waals surface area contributed by atoms with Crippen LogP contribution in [0, 0.1) is 0 Å². The Morgan fingerprint density at radius 1 is 1.32 bits per heavy atom. The minimum atomic E-state index is 0.707. The maximum Gasteiger partial charge on any atom is 0.144 e. The standard InChI is InChI=1S/C15H25N3O/c1-2-11-19-15-12-13(5-6-14(15)16)17-7-10-18-8-3-4-9-18/h5-6,12,17H,2-4,7-11,16H2,1H3. The number of likely N-dealkylation sites (tertiary alicyclic amines) is 1. The number of rotatable bonds is 7. The van der Waals surface area contributed by atoms with Crippen LogP contribution in [-0.4, -0.2) is 37.7 Å². The third-order valence-electron chi connectivity index (χ3n) is 3.43. The van der Waals surface area contributed by atoms with Gasteiger partial charge in [-0.3, -0.25) is 0 Å². The minimum Gasteiger partial charge on any atom is -0.491 e. The SMILES string of the molecule is CCCOc1cc(NCCN2CCCC2)ccc1N. The van der Waals surface area contributed by atoms with Crippen molar-refractivity contribution >= 4 is 11.4 Å². The number of nitrogens with zero attached hydrogens (tertiary/aromatic N) is 1. The summed E-state index contributed by atoms with van der Waals surface area (Å²) in [6.07, 6.45) is 3.68. The van der Waals surface area contributed by atoms with Crippen LogP contribution in [0.15, 0.2) is 18.2 Å². The third-order valence-corrected chi connectivity index (χ3v) is 3.43. The molecule has 1 aromatic carbocycles. The molecule has 2 rings (SSSR count). The first kappa shape index (κ1) is 14.0. The largest absolute Gasteiger partial charge is 0.491 e. The van der Waals surface area contributed by atoms with Crippen molar-refractivity contribution in [2.75, 3.05) is 43.8 Å². The molecular weight excluding hydrogens is 238 g/mol. The molecule has 0 aromatic heterocycles. The highest BCUT2D eigenvalue weighted by molar-refractivity contribution is 5.61. The van der Waals surface area contributed by atoms with E-state index in [0.717, 1.165) is 30.9 Å². The first-order chi connectivity index (χ1) is 9.29. The van der Waals surface area contributed by atoms with Crippen LogP contribution in [0.3, 0.4) is 0 Å². The van der Waals surface area contributed by atoms with Crippen molar-refractivity contribution in [3.05, 3.63) is 18.2 Å². The number of hydrogen-bond acceptors (Lipinski definition) is 4. The minimum absolute atomic E-state index is 0.707. The predicted octanol–water partition coefficient (Wildman–Crippen LogP) is 2.57. The van der Waals surface area contributed by atoms with E-state index in [0.29, 0.717) is 12.3 Å². The number of nitrogens with two attached hydrogens (primary N) is 1. The van der Waals surface area contributed by atoms with Gasteiger partial charge in [-0.15, -0.1) is 0 Å². The molecule has 1 aliphatic rings. The molecule has 4 heteroatoms. The molecule has 0 spiro atoms. The van der Waals surface area contributed by atoms with Gasteiger partial charge in [0.15, 0.2) is 0 Å². The van der Waals surface area contributed by atoms with Crippen LogP contribution in [-0.2, 0) is 0 Å². The Morgan fingerprint density at radius 3 is 2.84 bits per heavy atom. The van der Waals surface area contributed by atoms with Crippen LogP contribution in [0.5, 0.6) is 5.75 Å². The van der Waals surface area contributed by atoms with Crippen molar-refractivity contribution in [3.8, 4) is 5.75 Å². The molecule has 3 N–H and O–H groups in total. The summed E-state index contributed by atoms with van der Waals surface area (Å²) in [6.45, 7) is 7.37. The van der Waals surface area contributed by atoms with Crippen LogP contribution in [0.1, 0.15) is 26.2 Å². The summed E-state index contributed by atoms with van der Waals surface area (Å²) in [5.74, 6) is 0.785. The Balaban J connectivity index is 1.81. The number of nitrogens with one attached hydrogen (secondary N) is 1. The second kappa shape index (κ2) is 7.24. The number of hydrogen-bond donors (Lipinski definition) is 2. The zero-order chi connectivity index (χ0) is 13.5. The zero-order valence-corrected chi connectivity index (χ0v) is 11.8. The van der Waals surface area contributed by atoms with Crippen LogP contribution in [0.2, 0.25) is 0 Å². The molecule has 0 bridgehead atoms. The lowest BCUT2D eigenvalue weighted by atomic mass is 10.2. The summed E-state index contributed by atoms with van der Waals surface area (Å²) < 4.78 is 5.63. The van der Waals surface area contributed by atoms with Crippen molar-refractivity contribution < 1.29 is 4.74 Å². The van der Waals surface area contributed by atoms with Gasteiger partial charge in [0.05, 0.1) is 12.3 Å². The molecule has 19 heavy (non-hydrogen) atoms. The maximum atomic E-state index is 5.90. The van der Waals surface area contributed by atoms with Gasteiger partial charge >= 0.3 is 0 Å². The van der Waals surface area contributed by atoms with E-state index >= 15 is 0 Å². The fourth-order valence-electron chi connectivity index (χ4n) is 2.35. The number of benzene rings is 1. The van der Waals surface area contributed by atoms with Crippen LogP contribution >= 0.6 is 0 Å². The lowest BCUT2D eigenvalue weighted by molar-refractivity contribution is 0.319. The highest BCUT2D eigenvalue weighted by Crippen LogP contribution is 2.25. The average molecular weight is 263 g/mol. The molecule has 1 aromatic rings. The summed E-state index contributed by atoms with van der Waals surface area (Å²) in [7, 11) is 0. The van der Waals surface area contributed by atoms with E-state index in [1.807, 2.05) is 18.2 Å². The second-order valence-electron chi connectivity index (χ2n) is 5.08. The molecule has 1 aliphatic heterocycles. The highest BCUT2D eigenvalue weighted by Gasteiger charge is 2.10. The van der Waals surface area contributed by atoms with Gasteiger partial charge in [-0.1, -0.05) is 6.92 Å². The fraction of sp³-hybridized carbons (Fsp3) is 0.600. The quantitative estimate of drug-likeness (QED) is 0.742. The second-order valence-corrected chi connectivity index (χ2v) is 5.08. The van der Waals surface area contributed by atoms with Crippen molar-refractivity contribution in [1.29, 1.82) is 0 Å². The van der Waals surface area contributed by atoms with Gasteiger partial charge in [0.25, 0.3) is 0 Å². The third kappa shape index (κ3) is 4.31. The Labute approximate surface area is 115 Å². The number of anilines is 2. The lowest BCUT2D eigenvalue weighted by Gasteiger charge is -2.16. The van der Waals surface area contributed by atoms with Crippen molar-refractivity contribution in [2.45, 2.75) is 26.2 Å². The maximum absolute atomic E-state index is 5.90. The summed E-state index contributed by atoms with van der Waals surface area (Å²) in [4.78, 5) is 2.50. The zero-order valence-electron chi connectivity index (χ0n) is 11.8. The smallest absolute Gasteiger partial charge is 0.144 e. The van der Waals surface area contributed by atoms with Crippen molar-refractivity contribution in [1.82, 2.24) is 4.90 Å². The predicted molar refractivity (Wildman–Crippen MR) is 80.8 cm³/mol. The molecule has 0 amide bonds. The van der Waals surface area contributed by atoms with Gasteiger partial charge in [0.1, 0.15) is 5.75 Å².